The van der Waals surface area contributed by atoms with Crippen LogP contribution in [0.4, 0.5) is 0 Å². The van der Waals surface area contributed by atoms with Gasteiger partial charge < -0.3 is 0 Å². The zero-order valence-corrected chi connectivity index (χ0v) is 9.17. The van der Waals surface area contributed by atoms with Crippen LogP contribution in [0.3, 0.4) is 0 Å². The summed E-state index contributed by atoms with van der Waals surface area (Å²) < 4.78 is 0. The van der Waals surface area contributed by atoms with E-state index in [1.54, 1.807) is 0 Å². The first-order chi connectivity index (χ1) is 6.08. The maximum absolute atomic E-state index is 2.34. The fraction of sp³-hybridized carbons (Fsp3) is 0.538. The van der Waals surface area contributed by atoms with Crippen LogP contribution in [0.2, 0.25) is 0 Å². The van der Waals surface area contributed by atoms with Crippen molar-refractivity contribution in [2.75, 3.05) is 0 Å². The third-order valence-corrected chi connectivity index (χ3v) is 2.74. The summed E-state index contributed by atoms with van der Waals surface area (Å²) in [7, 11) is 0. The van der Waals surface area contributed by atoms with Gasteiger partial charge in [0.05, 0.1) is 0 Å². The molecule has 1 atom stereocenters. The molecule has 0 heterocycles. The fourth-order valence-corrected chi connectivity index (χ4v) is 1.91. The summed E-state index contributed by atoms with van der Waals surface area (Å²) in [5.74, 6) is 0.581. The Morgan fingerprint density at radius 3 is 2.69 bits per heavy atom. The molecule has 0 bridgehead atoms. The minimum absolute atomic E-state index is 0.282. The second-order valence-corrected chi connectivity index (χ2v) is 4.41. The van der Waals surface area contributed by atoms with Gasteiger partial charge in [-0.2, -0.15) is 0 Å². The van der Waals surface area contributed by atoms with Crippen molar-refractivity contribution in [3.8, 4) is 0 Å². The summed E-state index contributed by atoms with van der Waals surface area (Å²) in [6.45, 7) is 8.99. The summed E-state index contributed by atoms with van der Waals surface area (Å²) in [4.78, 5) is 0. The lowest BCUT2D eigenvalue weighted by atomic mass is 9.72. The van der Waals surface area contributed by atoms with E-state index < -0.39 is 0 Å². The largest absolute Gasteiger partial charge is 0.0882 e. The van der Waals surface area contributed by atoms with Crippen LogP contribution < -0.4 is 0 Å². The van der Waals surface area contributed by atoms with E-state index in [0.29, 0.717) is 5.92 Å². The van der Waals surface area contributed by atoms with Gasteiger partial charge in [0.1, 0.15) is 0 Å². The predicted octanol–water partition coefficient (Wildman–Crippen LogP) is 4.11. The van der Waals surface area contributed by atoms with Crippen LogP contribution in [-0.4, -0.2) is 0 Å². The molecule has 1 rings (SSSR count). The average Bonchev–Trinajstić information content (AvgIpc) is 2.02. The third kappa shape index (κ3) is 2.33. The molecule has 0 spiro atoms. The summed E-state index contributed by atoms with van der Waals surface area (Å²) in [5.41, 5.74) is 1.75. The quantitative estimate of drug-likeness (QED) is 0.555. The molecule has 0 aliphatic heterocycles. The highest BCUT2D eigenvalue weighted by molar-refractivity contribution is 5.28. The minimum Gasteiger partial charge on any atom is -0.0882 e. The molecule has 13 heavy (non-hydrogen) atoms. The summed E-state index contributed by atoms with van der Waals surface area (Å²) >= 11 is 0. The highest BCUT2D eigenvalue weighted by Crippen LogP contribution is 2.37. The van der Waals surface area contributed by atoms with Gasteiger partial charge in [-0.15, -0.1) is 0 Å². The van der Waals surface area contributed by atoms with E-state index in [4.69, 9.17) is 0 Å². The molecular weight excluding hydrogens is 156 g/mol. The van der Waals surface area contributed by atoms with Crippen LogP contribution in [0.1, 0.15) is 34.1 Å². The molecule has 0 aromatic rings. The van der Waals surface area contributed by atoms with Crippen LogP contribution in [0.15, 0.2) is 36.0 Å². The Hall–Kier alpha value is -0.780. The van der Waals surface area contributed by atoms with Gasteiger partial charge in [0.2, 0.25) is 0 Å². The van der Waals surface area contributed by atoms with Crippen molar-refractivity contribution < 1.29 is 0 Å². The van der Waals surface area contributed by atoms with Gasteiger partial charge in [-0.05, 0) is 18.8 Å². The van der Waals surface area contributed by atoms with E-state index in [0.717, 1.165) is 6.42 Å². The smallest absolute Gasteiger partial charge is 0.00630 e. The van der Waals surface area contributed by atoms with Crippen molar-refractivity contribution in [1.29, 1.82) is 0 Å². The Morgan fingerprint density at radius 2 is 2.15 bits per heavy atom. The van der Waals surface area contributed by atoms with Gasteiger partial charge in [0, 0.05) is 5.92 Å². The van der Waals surface area contributed by atoms with Gasteiger partial charge in [-0.25, -0.2) is 0 Å². The predicted molar refractivity (Wildman–Crippen MR) is 59.6 cm³/mol. The van der Waals surface area contributed by atoms with Crippen molar-refractivity contribution in [3.63, 3.8) is 0 Å². The molecule has 72 valence electrons. The number of hydrogen-bond donors (Lipinski definition) is 0. The van der Waals surface area contributed by atoms with E-state index in [1.165, 1.54) is 5.57 Å². The van der Waals surface area contributed by atoms with E-state index in [2.05, 4.69) is 58.1 Å². The summed E-state index contributed by atoms with van der Waals surface area (Å²) in [6.07, 6.45) is 12.4. The number of hydrogen-bond acceptors (Lipinski definition) is 0. The number of rotatable bonds is 2. The average molecular weight is 176 g/mol. The molecule has 0 saturated carbocycles. The third-order valence-electron chi connectivity index (χ3n) is 2.74. The molecule has 0 fully saturated rings. The van der Waals surface area contributed by atoms with Crippen molar-refractivity contribution >= 4 is 0 Å². The lowest BCUT2D eigenvalue weighted by molar-refractivity contribution is 0.380. The van der Waals surface area contributed by atoms with E-state index in [-0.39, 0.29) is 5.41 Å². The first-order valence-corrected chi connectivity index (χ1v) is 5.10. The first-order valence-electron chi connectivity index (χ1n) is 5.10. The van der Waals surface area contributed by atoms with Gasteiger partial charge in [0.15, 0.2) is 0 Å². The van der Waals surface area contributed by atoms with Crippen molar-refractivity contribution in [3.05, 3.63) is 36.0 Å². The monoisotopic (exact) mass is 176 g/mol. The molecule has 0 radical (unpaired) electrons. The fourth-order valence-electron chi connectivity index (χ4n) is 1.91. The van der Waals surface area contributed by atoms with Gasteiger partial charge in [-0.3, -0.25) is 0 Å². The van der Waals surface area contributed by atoms with Gasteiger partial charge in [0.25, 0.3) is 0 Å². The lowest BCUT2D eigenvalue weighted by Crippen LogP contribution is -2.22. The van der Waals surface area contributed by atoms with Crippen LogP contribution in [0.25, 0.3) is 0 Å². The molecule has 0 heteroatoms. The lowest BCUT2D eigenvalue weighted by Gasteiger charge is -2.32. The summed E-state index contributed by atoms with van der Waals surface area (Å²) in [5, 5.41) is 0. The van der Waals surface area contributed by atoms with Crippen LogP contribution in [0.5, 0.6) is 0 Å². The Kier molecular flexibility index (Phi) is 3.13. The Balaban J connectivity index is 2.86. The molecule has 0 aromatic carbocycles. The van der Waals surface area contributed by atoms with Crippen molar-refractivity contribution in [1.82, 2.24) is 0 Å². The van der Waals surface area contributed by atoms with Gasteiger partial charge in [-0.1, -0.05) is 56.7 Å². The van der Waals surface area contributed by atoms with E-state index >= 15 is 0 Å². The Morgan fingerprint density at radius 1 is 1.46 bits per heavy atom. The zero-order valence-electron chi connectivity index (χ0n) is 9.17. The minimum atomic E-state index is 0.282. The Labute approximate surface area is 82.0 Å². The Bertz CT molecular complexity index is 251. The van der Waals surface area contributed by atoms with Gasteiger partial charge >= 0.3 is 0 Å². The molecule has 0 aromatic heterocycles. The standard InChI is InChI=1S/C13H20/c1-5-6-9-12-11(2)8-7-10-13(12,3)4/h6-10,12H,5H2,1-4H3. The van der Waals surface area contributed by atoms with Crippen molar-refractivity contribution in [2.45, 2.75) is 34.1 Å². The van der Waals surface area contributed by atoms with Crippen LogP contribution in [0, 0.1) is 11.3 Å². The maximum atomic E-state index is 2.34. The normalized spacial score (nSPS) is 26.5. The number of allylic oxidation sites excluding steroid dienone is 6. The second-order valence-electron chi connectivity index (χ2n) is 4.41. The zero-order chi connectivity index (χ0) is 9.90. The molecule has 1 aliphatic carbocycles. The molecule has 0 saturated heterocycles. The van der Waals surface area contributed by atoms with Crippen LogP contribution in [-0.2, 0) is 0 Å². The second kappa shape index (κ2) is 3.95. The van der Waals surface area contributed by atoms with Crippen LogP contribution >= 0.6 is 0 Å². The summed E-state index contributed by atoms with van der Waals surface area (Å²) in [6, 6.07) is 0. The molecule has 0 N–H and O–H groups in total. The topological polar surface area (TPSA) is 0 Å². The molecule has 1 unspecified atom stereocenters. The highest BCUT2D eigenvalue weighted by atomic mass is 14.3. The molecule has 1 aliphatic rings. The molecular formula is C13H20. The molecule has 0 nitrogen and oxygen atoms in total. The van der Waals surface area contributed by atoms with Crippen molar-refractivity contribution in [2.24, 2.45) is 11.3 Å². The van der Waals surface area contributed by atoms with E-state index in [1.807, 2.05) is 0 Å². The SMILES string of the molecule is CCC=CC1C(C)=CC=CC1(C)C. The maximum Gasteiger partial charge on any atom is 0.00630 e. The molecule has 0 amide bonds. The first kappa shape index (κ1) is 10.3. The highest BCUT2D eigenvalue weighted by Gasteiger charge is 2.27. The van der Waals surface area contributed by atoms with E-state index in [9.17, 15) is 0 Å².